The average molecular weight is 514 g/mol. The summed E-state index contributed by atoms with van der Waals surface area (Å²) in [5, 5.41) is 8.79. The van der Waals surface area contributed by atoms with Gasteiger partial charge in [0, 0.05) is 0 Å². The molecule has 1 unspecified atom stereocenters. The number of aliphatic hydroxyl groups excluding tert-OH is 1. The predicted octanol–water partition coefficient (Wildman–Crippen LogP) is 9.33. The van der Waals surface area contributed by atoms with E-state index in [1.807, 2.05) is 0 Å². The number of hydrogen-bond donors (Lipinski definition) is 1. The maximum atomic E-state index is 11.0. The lowest BCUT2D eigenvalue weighted by Gasteiger charge is -2.22. The zero-order valence-electron chi connectivity index (χ0n) is 25.8. The molecular weight excluding hydrogens is 446 g/mol. The van der Waals surface area contributed by atoms with E-state index >= 15 is 0 Å². The molecule has 0 bridgehead atoms. The Balaban J connectivity index is 0. The second-order valence-electron chi connectivity index (χ2n) is 11.8. The Morgan fingerprint density at radius 2 is 0.944 bits per heavy atom. The fourth-order valence-electron chi connectivity index (χ4n) is 4.10. The molecule has 0 aliphatic heterocycles. The first-order valence-electron chi connectivity index (χ1n) is 15.8. The zero-order chi connectivity index (χ0) is 27.5. The second-order valence-corrected chi connectivity index (χ2v) is 11.8. The molecule has 36 heavy (non-hydrogen) atoms. The van der Waals surface area contributed by atoms with Crippen molar-refractivity contribution >= 4 is 5.97 Å². The first-order chi connectivity index (χ1) is 17.2. The molecule has 0 amide bonds. The van der Waals surface area contributed by atoms with Crippen molar-refractivity contribution in [2.75, 3.05) is 26.2 Å². The Morgan fingerprint density at radius 3 is 1.22 bits per heavy atom. The van der Waals surface area contributed by atoms with E-state index in [0.717, 1.165) is 0 Å². The lowest BCUT2D eigenvalue weighted by atomic mass is 9.97. The molecule has 1 atom stereocenters. The van der Waals surface area contributed by atoms with Gasteiger partial charge in [-0.15, -0.1) is 0 Å². The van der Waals surface area contributed by atoms with Crippen LogP contribution in [0.1, 0.15) is 164 Å². The van der Waals surface area contributed by atoms with Crippen LogP contribution in [0.25, 0.3) is 0 Å². The van der Waals surface area contributed by atoms with Crippen molar-refractivity contribution in [1.29, 1.82) is 0 Å². The standard InChI is InChI=1S/C24H51N.C8H16O3/c1-4-7-10-13-16-19-22-25(23-20-17-14-11-8-5-2)24-21-18-15-12-9-6-3;1-6(9)5-11-7(10)8(2,3)4/h4-24H2,1-3H3;6,9H,5H2,1-4H3. The van der Waals surface area contributed by atoms with E-state index in [0.29, 0.717) is 0 Å². The van der Waals surface area contributed by atoms with Crippen LogP contribution < -0.4 is 0 Å². The van der Waals surface area contributed by atoms with Gasteiger partial charge in [-0.3, -0.25) is 4.79 Å². The molecule has 0 fully saturated rings. The van der Waals surface area contributed by atoms with Gasteiger partial charge in [0.1, 0.15) is 6.61 Å². The lowest BCUT2D eigenvalue weighted by Crippen LogP contribution is -2.27. The van der Waals surface area contributed by atoms with Gasteiger partial charge in [0.2, 0.25) is 0 Å². The fraction of sp³-hybridized carbons (Fsp3) is 0.969. The predicted molar refractivity (Wildman–Crippen MR) is 159 cm³/mol. The Labute approximate surface area is 227 Å². The lowest BCUT2D eigenvalue weighted by molar-refractivity contribution is -0.155. The highest BCUT2D eigenvalue weighted by Crippen LogP contribution is 2.15. The van der Waals surface area contributed by atoms with Gasteiger partial charge in [0.05, 0.1) is 11.5 Å². The Kier molecular flexibility index (Phi) is 28.6. The van der Waals surface area contributed by atoms with E-state index in [4.69, 9.17) is 9.84 Å². The summed E-state index contributed by atoms with van der Waals surface area (Å²) in [6, 6.07) is 0. The summed E-state index contributed by atoms with van der Waals surface area (Å²) in [7, 11) is 0. The number of unbranched alkanes of at least 4 members (excludes halogenated alkanes) is 15. The zero-order valence-corrected chi connectivity index (χ0v) is 25.8. The van der Waals surface area contributed by atoms with Gasteiger partial charge < -0.3 is 14.7 Å². The second kappa shape index (κ2) is 27.4. The van der Waals surface area contributed by atoms with Gasteiger partial charge in [-0.05, 0) is 66.6 Å². The van der Waals surface area contributed by atoms with E-state index in [9.17, 15) is 4.79 Å². The summed E-state index contributed by atoms with van der Waals surface area (Å²) < 4.78 is 4.78. The van der Waals surface area contributed by atoms with E-state index in [2.05, 4.69) is 25.7 Å². The van der Waals surface area contributed by atoms with Crippen molar-refractivity contribution < 1.29 is 14.6 Å². The van der Waals surface area contributed by atoms with Gasteiger partial charge in [0.25, 0.3) is 0 Å². The van der Waals surface area contributed by atoms with Crippen molar-refractivity contribution in [3.05, 3.63) is 0 Å². The van der Waals surface area contributed by atoms with Gasteiger partial charge in [0.15, 0.2) is 0 Å². The third-order valence-corrected chi connectivity index (χ3v) is 6.55. The summed E-state index contributed by atoms with van der Waals surface area (Å²) in [4.78, 5) is 13.8. The highest BCUT2D eigenvalue weighted by atomic mass is 16.5. The number of rotatable bonds is 23. The number of nitrogens with zero attached hydrogens (tertiary/aromatic N) is 1. The van der Waals surface area contributed by atoms with E-state index in [-0.39, 0.29) is 12.6 Å². The van der Waals surface area contributed by atoms with Crippen LogP contribution in [0.4, 0.5) is 0 Å². The van der Waals surface area contributed by atoms with E-state index < -0.39 is 11.5 Å². The molecule has 0 aromatic rings. The minimum atomic E-state index is -0.582. The number of carbonyl (C=O) groups excluding carboxylic acids is 1. The molecular formula is C32H67NO3. The van der Waals surface area contributed by atoms with Crippen LogP contribution in [0, 0.1) is 5.41 Å². The highest BCUT2D eigenvalue weighted by Gasteiger charge is 2.23. The van der Waals surface area contributed by atoms with Crippen LogP contribution in [-0.4, -0.2) is 48.3 Å². The Hall–Kier alpha value is -0.610. The van der Waals surface area contributed by atoms with Crippen molar-refractivity contribution in [3.8, 4) is 0 Å². The SMILES string of the molecule is CC(O)COC(=O)C(C)(C)C.CCCCCCCCN(CCCCCCCC)CCCCCCCC. The number of aliphatic hydroxyl groups is 1. The molecule has 0 rings (SSSR count). The summed E-state index contributed by atoms with van der Waals surface area (Å²) in [6.07, 6.45) is 25.1. The Morgan fingerprint density at radius 1 is 0.639 bits per heavy atom. The van der Waals surface area contributed by atoms with Crippen LogP contribution in [0.15, 0.2) is 0 Å². The summed E-state index contributed by atoms with van der Waals surface area (Å²) in [6.45, 7) is 18.0. The van der Waals surface area contributed by atoms with Gasteiger partial charge >= 0.3 is 5.97 Å². The molecule has 0 aliphatic carbocycles. The summed E-state index contributed by atoms with van der Waals surface area (Å²) >= 11 is 0. The molecule has 0 spiro atoms. The number of hydrogen-bond acceptors (Lipinski definition) is 4. The number of esters is 1. The van der Waals surface area contributed by atoms with Crippen molar-refractivity contribution in [2.45, 2.75) is 170 Å². The third-order valence-electron chi connectivity index (χ3n) is 6.55. The van der Waals surface area contributed by atoms with Crippen molar-refractivity contribution in [2.24, 2.45) is 5.41 Å². The molecule has 218 valence electrons. The monoisotopic (exact) mass is 514 g/mol. The summed E-state index contributed by atoms with van der Waals surface area (Å²) in [5.74, 6) is -0.279. The molecule has 4 nitrogen and oxygen atoms in total. The van der Waals surface area contributed by atoms with Gasteiger partial charge in [-0.25, -0.2) is 0 Å². The van der Waals surface area contributed by atoms with Crippen LogP contribution in [0.3, 0.4) is 0 Å². The molecule has 0 saturated carbocycles. The van der Waals surface area contributed by atoms with Crippen LogP contribution in [-0.2, 0) is 9.53 Å². The first kappa shape index (κ1) is 37.5. The normalized spacial score (nSPS) is 12.4. The number of carbonyl (C=O) groups is 1. The molecule has 0 saturated heterocycles. The molecule has 0 heterocycles. The van der Waals surface area contributed by atoms with Gasteiger partial charge in [-0.1, -0.05) is 117 Å². The van der Waals surface area contributed by atoms with Crippen LogP contribution >= 0.6 is 0 Å². The summed E-state index contributed by atoms with van der Waals surface area (Å²) in [5.41, 5.74) is -0.477. The molecule has 0 radical (unpaired) electrons. The third kappa shape index (κ3) is 29.6. The quantitative estimate of drug-likeness (QED) is 0.109. The topological polar surface area (TPSA) is 49.8 Å². The highest BCUT2D eigenvalue weighted by molar-refractivity contribution is 5.75. The molecule has 4 heteroatoms. The molecule has 0 aromatic heterocycles. The van der Waals surface area contributed by atoms with E-state index in [1.165, 1.54) is 135 Å². The average Bonchev–Trinajstić information content (AvgIpc) is 2.83. The van der Waals surface area contributed by atoms with Gasteiger partial charge in [-0.2, -0.15) is 0 Å². The maximum absolute atomic E-state index is 11.0. The molecule has 1 N–H and O–H groups in total. The number of ether oxygens (including phenoxy) is 1. The van der Waals surface area contributed by atoms with Crippen LogP contribution in [0.2, 0.25) is 0 Å². The molecule has 0 aromatic carbocycles. The minimum Gasteiger partial charge on any atom is -0.463 e. The van der Waals surface area contributed by atoms with E-state index in [1.54, 1.807) is 27.7 Å². The van der Waals surface area contributed by atoms with Crippen molar-refractivity contribution in [3.63, 3.8) is 0 Å². The maximum Gasteiger partial charge on any atom is 0.311 e. The fourth-order valence-corrected chi connectivity index (χ4v) is 4.10. The smallest absolute Gasteiger partial charge is 0.311 e. The largest absolute Gasteiger partial charge is 0.463 e. The van der Waals surface area contributed by atoms with Crippen molar-refractivity contribution in [1.82, 2.24) is 4.90 Å². The first-order valence-corrected chi connectivity index (χ1v) is 15.8. The Bertz CT molecular complexity index is 407. The minimum absolute atomic E-state index is 0.0795. The van der Waals surface area contributed by atoms with Crippen LogP contribution in [0.5, 0.6) is 0 Å². The molecule has 0 aliphatic rings.